The number of anilines is 1. The van der Waals surface area contributed by atoms with Crippen LogP contribution in [-0.4, -0.2) is 34.6 Å². The van der Waals surface area contributed by atoms with Crippen molar-refractivity contribution < 1.29 is 18.8 Å². The van der Waals surface area contributed by atoms with Crippen LogP contribution in [0.15, 0.2) is 84.6 Å². The molecule has 0 fully saturated rings. The first-order chi connectivity index (χ1) is 16.3. The van der Waals surface area contributed by atoms with Gasteiger partial charge in [-0.05, 0) is 41.0 Å². The standard InChI is InChI=1S/C27H24FN3O3/c1-18(32)29-23-14-10-21(11-15-23)24-25(30(2)16-19-6-4-3-5-7-19)27(34)31(26(24)33)17-20-8-12-22(28)13-9-20/h3-15H,16-17H2,1-2H3,(H,29,32). The Kier molecular flexibility index (Phi) is 6.54. The van der Waals surface area contributed by atoms with Gasteiger partial charge in [0.15, 0.2) is 0 Å². The molecule has 0 unspecified atom stereocenters. The molecule has 0 spiro atoms. The third kappa shape index (κ3) is 4.88. The molecule has 3 aromatic carbocycles. The lowest BCUT2D eigenvalue weighted by Gasteiger charge is -2.21. The van der Waals surface area contributed by atoms with Gasteiger partial charge in [0, 0.05) is 26.2 Å². The highest BCUT2D eigenvalue weighted by atomic mass is 19.1. The minimum atomic E-state index is -0.420. The third-order valence-corrected chi connectivity index (χ3v) is 5.54. The molecule has 6 nitrogen and oxygen atoms in total. The lowest BCUT2D eigenvalue weighted by atomic mass is 10.0. The maximum absolute atomic E-state index is 13.5. The van der Waals surface area contributed by atoms with Gasteiger partial charge in [-0.2, -0.15) is 0 Å². The van der Waals surface area contributed by atoms with E-state index in [1.807, 2.05) is 30.3 Å². The highest BCUT2D eigenvalue weighted by Gasteiger charge is 2.40. The number of amides is 3. The first-order valence-electron chi connectivity index (χ1n) is 10.8. The van der Waals surface area contributed by atoms with Crippen LogP contribution in [0.25, 0.3) is 5.57 Å². The Morgan fingerprint density at radius 2 is 1.53 bits per heavy atom. The number of nitrogens with zero attached hydrogens (tertiary/aromatic N) is 2. The summed E-state index contributed by atoms with van der Waals surface area (Å²) in [4.78, 5) is 41.3. The summed E-state index contributed by atoms with van der Waals surface area (Å²) in [5.41, 5.74) is 3.40. The van der Waals surface area contributed by atoms with Gasteiger partial charge < -0.3 is 10.2 Å². The Morgan fingerprint density at radius 1 is 0.882 bits per heavy atom. The van der Waals surface area contributed by atoms with Crippen LogP contribution in [0, 0.1) is 5.82 Å². The van der Waals surface area contributed by atoms with Crippen LogP contribution in [0.2, 0.25) is 0 Å². The van der Waals surface area contributed by atoms with E-state index in [-0.39, 0.29) is 18.3 Å². The summed E-state index contributed by atoms with van der Waals surface area (Å²) in [6, 6.07) is 22.2. The average Bonchev–Trinajstić information content (AvgIpc) is 3.06. The van der Waals surface area contributed by atoms with E-state index in [4.69, 9.17) is 0 Å². The van der Waals surface area contributed by atoms with E-state index in [1.54, 1.807) is 48.3 Å². The topological polar surface area (TPSA) is 69.7 Å². The number of likely N-dealkylation sites (N-methyl/N-ethyl adjacent to an activating group) is 1. The molecule has 1 heterocycles. The van der Waals surface area contributed by atoms with E-state index in [0.29, 0.717) is 34.6 Å². The Hall–Kier alpha value is -4.26. The molecule has 0 bridgehead atoms. The predicted molar refractivity (Wildman–Crippen MR) is 128 cm³/mol. The van der Waals surface area contributed by atoms with E-state index in [2.05, 4.69) is 5.32 Å². The summed E-state index contributed by atoms with van der Waals surface area (Å²) in [6.45, 7) is 1.89. The maximum atomic E-state index is 13.5. The summed E-state index contributed by atoms with van der Waals surface area (Å²) < 4.78 is 13.3. The Labute approximate surface area is 197 Å². The van der Waals surface area contributed by atoms with Gasteiger partial charge in [-0.15, -0.1) is 0 Å². The predicted octanol–water partition coefficient (Wildman–Crippen LogP) is 4.20. The Balaban J connectivity index is 1.70. The van der Waals surface area contributed by atoms with Crippen LogP contribution in [0.1, 0.15) is 23.6 Å². The van der Waals surface area contributed by atoms with Crippen LogP contribution in [0.3, 0.4) is 0 Å². The van der Waals surface area contributed by atoms with Gasteiger partial charge in [-0.3, -0.25) is 19.3 Å². The molecule has 0 aliphatic carbocycles. The summed E-state index contributed by atoms with van der Waals surface area (Å²) in [5.74, 6) is -1.41. The summed E-state index contributed by atoms with van der Waals surface area (Å²) in [5, 5.41) is 2.70. The van der Waals surface area contributed by atoms with Gasteiger partial charge in [0.05, 0.1) is 12.1 Å². The summed E-state index contributed by atoms with van der Waals surface area (Å²) in [6.07, 6.45) is 0. The SMILES string of the molecule is CC(=O)Nc1ccc(C2=C(N(C)Cc3ccccc3)C(=O)N(Cc3ccc(F)cc3)C2=O)cc1. The number of hydrogen-bond acceptors (Lipinski definition) is 4. The molecule has 7 heteroatoms. The molecule has 0 radical (unpaired) electrons. The number of hydrogen-bond donors (Lipinski definition) is 1. The van der Waals surface area contributed by atoms with Gasteiger partial charge in [0.25, 0.3) is 11.8 Å². The molecule has 0 atom stereocenters. The van der Waals surface area contributed by atoms with Crippen molar-refractivity contribution >= 4 is 29.0 Å². The molecule has 34 heavy (non-hydrogen) atoms. The first kappa shape index (κ1) is 22.9. The van der Waals surface area contributed by atoms with Crippen molar-refractivity contribution in [2.24, 2.45) is 0 Å². The lowest BCUT2D eigenvalue weighted by molar-refractivity contribution is -0.138. The molecule has 1 aliphatic heterocycles. The van der Waals surface area contributed by atoms with Crippen molar-refractivity contribution in [2.75, 3.05) is 12.4 Å². The second-order valence-corrected chi connectivity index (χ2v) is 8.15. The molecule has 0 saturated heterocycles. The maximum Gasteiger partial charge on any atom is 0.278 e. The smallest absolute Gasteiger partial charge is 0.278 e. The van der Waals surface area contributed by atoms with Crippen LogP contribution >= 0.6 is 0 Å². The van der Waals surface area contributed by atoms with Crippen molar-refractivity contribution in [3.63, 3.8) is 0 Å². The molecule has 4 rings (SSSR count). The highest BCUT2D eigenvalue weighted by Crippen LogP contribution is 2.33. The Morgan fingerprint density at radius 3 is 2.15 bits per heavy atom. The van der Waals surface area contributed by atoms with E-state index in [0.717, 1.165) is 5.56 Å². The average molecular weight is 458 g/mol. The number of imide groups is 1. The zero-order chi connectivity index (χ0) is 24.2. The van der Waals surface area contributed by atoms with E-state index >= 15 is 0 Å². The number of carbonyl (C=O) groups is 3. The second kappa shape index (κ2) is 9.70. The van der Waals surface area contributed by atoms with Crippen molar-refractivity contribution in [1.29, 1.82) is 0 Å². The minimum absolute atomic E-state index is 0.0358. The summed E-state index contributed by atoms with van der Waals surface area (Å²) in [7, 11) is 1.78. The molecular weight excluding hydrogens is 433 g/mol. The van der Waals surface area contributed by atoms with E-state index in [9.17, 15) is 18.8 Å². The molecule has 3 aromatic rings. The molecular formula is C27H24FN3O3. The molecule has 172 valence electrons. The quantitative estimate of drug-likeness (QED) is 0.540. The van der Waals surface area contributed by atoms with Gasteiger partial charge in [-0.25, -0.2) is 4.39 Å². The number of benzene rings is 3. The fraction of sp³-hybridized carbons (Fsp3) is 0.148. The fourth-order valence-corrected chi connectivity index (χ4v) is 3.95. The number of halogens is 1. The molecule has 0 saturated carbocycles. The van der Waals surface area contributed by atoms with Crippen molar-refractivity contribution in [3.05, 3.63) is 107 Å². The normalized spacial score (nSPS) is 13.4. The molecule has 3 amide bonds. The van der Waals surface area contributed by atoms with Gasteiger partial charge in [0.1, 0.15) is 11.5 Å². The zero-order valence-electron chi connectivity index (χ0n) is 18.9. The zero-order valence-corrected chi connectivity index (χ0v) is 18.9. The van der Waals surface area contributed by atoms with Crippen LogP contribution in [-0.2, 0) is 27.5 Å². The van der Waals surface area contributed by atoms with Gasteiger partial charge in [0.2, 0.25) is 5.91 Å². The minimum Gasteiger partial charge on any atom is -0.365 e. The highest BCUT2D eigenvalue weighted by molar-refractivity contribution is 6.35. The number of carbonyl (C=O) groups excluding carboxylic acids is 3. The molecule has 1 aliphatic rings. The largest absolute Gasteiger partial charge is 0.365 e. The van der Waals surface area contributed by atoms with Crippen molar-refractivity contribution in [1.82, 2.24) is 9.80 Å². The monoisotopic (exact) mass is 457 g/mol. The van der Waals surface area contributed by atoms with E-state index in [1.165, 1.54) is 24.0 Å². The molecule has 0 aromatic heterocycles. The first-order valence-corrected chi connectivity index (χ1v) is 10.8. The van der Waals surface area contributed by atoms with Gasteiger partial charge >= 0.3 is 0 Å². The van der Waals surface area contributed by atoms with Crippen molar-refractivity contribution in [3.8, 4) is 0 Å². The van der Waals surface area contributed by atoms with E-state index < -0.39 is 11.8 Å². The lowest BCUT2D eigenvalue weighted by Crippen LogP contribution is -2.33. The van der Waals surface area contributed by atoms with Crippen LogP contribution in [0.5, 0.6) is 0 Å². The number of rotatable bonds is 7. The summed E-state index contributed by atoms with van der Waals surface area (Å²) >= 11 is 0. The van der Waals surface area contributed by atoms with Gasteiger partial charge in [-0.1, -0.05) is 54.6 Å². The second-order valence-electron chi connectivity index (χ2n) is 8.15. The Bertz CT molecular complexity index is 1250. The fourth-order valence-electron chi connectivity index (χ4n) is 3.95. The van der Waals surface area contributed by atoms with Crippen LogP contribution < -0.4 is 5.32 Å². The third-order valence-electron chi connectivity index (χ3n) is 5.54. The van der Waals surface area contributed by atoms with Crippen molar-refractivity contribution in [2.45, 2.75) is 20.0 Å². The van der Waals surface area contributed by atoms with Crippen LogP contribution in [0.4, 0.5) is 10.1 Å². The molecule has 1 N–H and O–H groups in total. The number of nitrogens with one attached hydrogen (secondary N) is 1.